The lowest BCUT2D eigenvalue weighted by Crippen LogP contribution is -2.32. The van der Waals surface area contributed by atoms with Crippen molar-refractivity contribution in [3.05, 3.63) is 96.1 Å². The Bertz CT molecular complexity index is 1160. The second-order valence-electron chi connectivity index (χ2n) is 8.00. The van der Waals surface area contributed by atoms with Gasteiger partial charge in [-0.2, -0.15) is 5.10 Å². The number of esters is 1. The standard InChI is InChI=1S/C27H27N3O4/c1-29(18-21-13-9-10-16-25(21)33-2)26(31)19-34-27(32)23-17-24(20-11-5-3-6-12-20)30(28-23)22-14-7-4-8-15-22/h3-16,24H,17-19H2,1-2H3. The van der Waals surface area contributed by atoms with Gasteiger partial charge >= 0.3 is 5.97 Å². The summed E-state index contributed by atoms with van der Waals surface area (Å²) in [4.78, 5) is 26.9. The summed E-state index contributed by atoms with van der Waals surface area (Å²) in [6.45, 7) is -0.00987. The highest BCUT2D eigenvalue weighted by atomic mass is 16.5. The molecule has 1 aliphatic heterocycles. The average molecular weight is 458 g/mol. The van der Waals surface area contributed by atoms with E-state index in [1.165, 1.54) is 4.90 Å². The highest BCUT2D eigenvalue weighted by Crippen LogP contribution is 2.35. The molecule has 0 saturated heterocycles. The minimum Gasteiger partial charge on any atom is -0.496 e. The van der Waals surface area contributed by atoms with Crippen molar-refractivity contribution >= 4 is 23.3 Å². The Morgan fingerprint density at radius 2 is 1.62 bits per heavy atom. The number of anilines is 1. The molecule has 1 aliphatic rings. The molecule has 1 heterocycles. The largest absolute Gasteiger partial charge is 0.496 e. The fourth-order valence-corrected chi connectivity index (χ4v) is 3.89. The van der Waals surface area contributed by atoms with Crippen LogP contribution in [0.3, 0.4) is 0 Å². The van der Waals surface area contributed by atoms with Crippen molar-refractivity contribution in [1.29, 1.82) is 0 Å². The van der Waals surface area contributed by atoms with Crippen LogP contribution in [0.2, 0.25) is 0 Å². The topological polar surface area (TPSA) is 71.4 Å². The van der Waals surface area contributed by atoms with Gasteiger partial charge in [-0.25, -0.2) is 4.79 Å². The molecule has 4 rings (SSSR count). The maximum Gasteiger partial charge on any atom is 0.355 e. The second kappa shape index (κ2) is 10.7. The molecule has 174 valence electrons. The number of nitrogens with zero attached hydrogens (tertiary/aromatic N) is 3. The molecule has 0 aromatic heterocycles. The van der Waals surface area contributed by atoms with Gasteiger partial charge in [-0.15, -0.1) is 0 Å². The summed E-state index contributed by atoms with van der Waals surface area (Å²) in [7, 11) is 3.25. The molecule has 0 saturated carbocycles. The molecule has 3 aromatic rings. The summed E-state index contributed by atoms with van der Waals surface area (Å²) in [5.41, 5.74) is 3.09. The van der Waals surface area contributed by atoms with Crippen LogP contribution in [0.5, 0.6) is 5.75 Å². The third kappa shape index (κ3) is 5.26. The van der Waals surface area contributed by atoms with Crippen molar-refractivity contribution in [3.63, 3.8) is 0 Å². The highest BCUT2D eigenvalue weighted by molar-refractivity contribution is 6.37. The number of hydrazone groups is 1. The Kier molecular flexibility index (Phi) is 7.22. The number of likely N-dealkylation sites (N-methyl/N-ethyl adjacent to an activating group) is 1. The molecule has 0 N–H and O–H groups in total. The summed E-state index contributed by atoms with van der Waals surface area (Å²) in [5, 5.41) is 6.40. The molecule has 34 heavy (non-hydrogen) atoms. The smallest absolute Gasteiger partial charge is 0.355 e. The first-order valence-corrected chi connectivity index (χ1v) is 11.1. The van der Waals surface area contributed by atoms with Crippen LogP contribution in [0.25, 0.3) is 0 Å². The van der Waals surface area contributed by atoms with Crippen molar-refractivity contribution < 1.29 is 19.1 Å². The zero-order chi connectivity index (χ0) is 23.9. The lowest BCUT2D eigenvalue weighted by Gasteiger charge is -2.23. The van der Waals surface area contributed by atoms with E-state index in [9.17, 15) is 9.59 Å². The van der Waals surface area contributed by atoms with Gasteiger partial charge in [0.2, 0.25) is 0 Å². The Balaban J connectivity index is 1.41. The Morgan fingerprint density at radius 3 is 2.32 bits per heavy atom. The van der Waals surface area contributed by atoms with Gasteiger partial charge < -0.3 is 14.4 Å². The zero-order valence-corrected chi connectivity index (χ0v) is 19.3. The maximum absolute atomic E-state index is 12.8. The number of benzene rings is 3. The molecule has 0 aliphatic carbocycles. The minimum atomic E-state index is -0.585. The molecule has 0 bridgehead atoms. The van der Waals surface area contributed by atoms with E-state index in [1.54, 1.807) is 14.2 Å². The number of hydrogen-bond donors (Lipinski definition) is 0. The van der Waals surface area contributed by atoms with E-state index in [2.05, 4.69) is 5.10 Å². The van der Waals surface area contributed by atoms with Crippen LogP contribution in [-0.4, -0.2) is 43.3 Å². The first kappa shape index (κ1) is 23.0. The van der Waals surface area contributed by atoms with Crippen molar-refractivity contribution in [2.75, 3.05) is 25.8 Å². The maximum atomic E-state index is 12.8. The Labute approximate surface area is 199 Å². The lowest BCUT2D eigenvalue weighted by atomic mass is 10.0. The van der Waals surface area contributed by atoms with Crippen LogP contribution in [0.1, 0.15) is 23.6 Å². The molecule has 7 nitrogen and oxygen atoms in total. The monoisotopic (exact) mass is 457 g/mol. The molecule has 7 heteroatoms. The SMILES string of the molecule is COc1ccccc1CN(C)C(=O)COC(=O)C1=NN(c2ccccc2)C(c2ccccc2)C1. The van der Waals surface area contributed by atoms with Crippen LogP contribution < -0.4 is 9.75 Å². The van der Waals surface area contributed by atoms with Crippen LogP contribution in [0.15, 0.2) is 90.0 Å². The number of carbonyl (C=O) groups excluding carboxylic acids is 2. The molecule has 0 fully saturated rings. The second-order valence-corrected chi connectivity index (χ2v) is 8.00. The quantitative estimate of drug-likeness (QED) is 0.474. The number of ether oxygens (including phenoxy) is 2. The predicted octanol–water partition coefficient (Wildman–Crippen LogP) is 4.20. The third-order valence-corrected chi connectivity index (χ3v) is 5.70. The van der Waals surface area contributed by atoms with Crippen molar-refractivity contribution in [2.24, 2.45) is 5.10 Å². The molecule has 0 spiro atoms. The van der Waals surface area contributed by atoms with E-state index in [4.69, 9.17) is 9.47 Å². The Morgan fingerprint density at radius 1 is 0.971 bits per heavy atom. The molecule has 1 unspecified atom stereocenters. The van der Waals surface area contributed by atoms with Crippen molar-refractivity contribution in [2.45, 2.75) is 19.0 Å². The van der Waals surface area contributed by atoms with Gasteiger partial charge in [0.25, 0.3) is 5.91 Å². The zero-order valence-electron chi connectivity index (χ0n) is 19.3. The summed E-state index contributed by atoms with van der Waals surface area (Å²) in [6.07, 6.45) is 0.392. The van der Waals surface area contributed by atoms with Gasteiger partial charge in [0.05, 0.1) is 18.8 Å². The van der Waals surface area contributed by atoms with Gasteiger partial charge in [-0.3, -0.25) is 9.80 Å². The van der Waals surface area contributed by atoms with E-state index < -0.39 is 5.97 Å². The van der Waals surface area contributed by atoms with Crippen molar-refractivity contribution in [1.82, 2.24) is 4.90 Å². The first-order chi connectivity index (χ1) is 16.6. The molecular weight excluding hydrogens is 430 g/mol. The molecule has 3 aromatic carbocycles. The average Bonchev–Trinajstić information content (AvgIpc) is 3.34. The van der Waals surface area contributed by atoms with Gasteiger partial charge in [-0.1, -0.05) is 66.7 Å². The van der Waals surface area contributed by atoms with E-state index in [-0.39, 0.29) is 24.3 Å². The number of carbonyl (C=O) groups is 2. The summed E-state index contributed by atoms with van der Waals surface area (Å²) >= 11 is 0. The highest BCUT2D eigenvalue weighted by Gasteiger charge is 2.33. The molecule has 1 amide bonds. The fourth-order valence-electron chi connectivity index (χ4n) is 3.89. The number of para-hydroxylation sites is 2. The number of rotatable bonds is 8. The van der Waals surface area contributed by atoms with Crippen LogP contribution in [0, 0.1) is 0 Å². The van der Waals surface area contributed by atoms with Crippen LogP contribution in [-0.2, 0) is 20.9 Å². The first-order valence-electron chi connectivity index (χ1n) is 11.1. The summed E-state index contributed by atoms with van der Waals surface area (Å²) < 4.78 is 10.7. The van der Waals surface area contributed by atoms with E-state index in [0.29, 0.717) is 18.7 Å². The summed E-state index contributed by atoms with van der Waals surface area (Å²) in [5.74, 6) is -0.191. The van der Waals surface area contributed by atoms with E-state index in [0.717, 1.165) is 16.8 Å². The third-order valence-electron chi connectivity index (χ3n) is 5.70. The minimum absolute atomic E-state index is 0.130. The molecule has 0 radical (unpaired) electrons. The molecular formula is C27H27N3O4. The van der Waals surface area contributed by atoms with E-state index >= 15 is 0 Å². The number of methoxy groups -OCH3 is 1. The number of hydrogen-bond acceptors (Lipinski definition) is 6. The molecule has 1 atom stereocenters. The van der Waals surface area contributed by atoms with E-state index in [1.807, 2.05) is 89.9 Å². The van der Waals surface area contributed by atoms with Gasteiger partial charge in [0.1, 0.15) is 11.5 Å². The van der Waals surface area contributed by atoms with Crippen LogP contribution in [0.4, 0.5) is 5.69 Å². The normalized spacial score (nSPS) is 14.9. The van der Waals surface area contributed by atoms with Gasteiger partial charge in [-0.05, 0) is 23.8 Å². The van der Waals surface area contributed by atoms with Gasteiger partial charge in [0, 0.05) is 25.6 Å². The predicted molar refractivity (Wildman–Crippen MR) is 131 cm³/mol. The van der Waals surface area contributed by atoms with Gasteiger partial charge in [0.15, 0.2) is 6.61 Å². The lowest BCUT2D eigenvalue weighted by molar-refractivity contribution is -0.146. The van der Waals surface area contributed by atoms with Crippen molar-refractivity contribution in [3.8, 4) is 5.75 Å². The number of amides is 1. The summed E-state index contributed by atoms with van der Waals surface area (Å²) in [6, 6.07) is 27.0. The van der Waals surface area contributed by atoms with Crippen LogP contribution >= 0.6 is 0 Å². The fraction of sp³-hybridized carbons (Fsp3) is 0.222. The Hall–Kier alpha value is -4.13.